The van der Waals surface area contributed by atoms with Gasteiger partial charge in [-0.25, -0.2) is 0 Å². The quantitative estimate of drug-likeness (QED) is 0.133. The van der Waals surface area contributed by atoms with E-state index in [0.29, 0.717) is 32.7 Å². The van der Waals surface area contributed by atoms with Crippen molar-refractivity contribution in [1.29, 1.82) is 0 Å². The Morgan fingerprint density at radius 1 is 0.500 bits per heavy atom. The minimum absolute atomic E-state index is 0.390. The Morgan fingerprint density at radius 3 is 1.13 bits per heavy atom. The summed E-state index contributed by atoms with van der Waals surface area (Å²) in [5, 5.41) is 51.6. The number of hydrogen-bond acceptors (Lipinski definition) is 9. The normalized spacial score (nSPS) is 17.5. The first-order chi connectivity index (χ1) is 14.0. The van der Waals surface area contributed by atoms with Crippen LogP contribution in [0.2, 0.25) is 0 Å². The summed E-state index contributed by atoms with van der Waals surface area (Å²) in [7, 11) is 0. The van der Waals surface area contributed by atoms with E-state index in [1.54, 1.807) is 34.6 Å². The van der Waals surface area contributed by atoms with Gasteiger partial charge in [-0.1, -0.05) is 0 Å². The summed E-state index contributed by atoms with van der Waals surface area (Å²) in [5.74, 6) is 0. The zero-order valence-corrected chi connectivity index (χ0v) is 19.7. The molecule has 9 nitrogen and oxygen atoms in total. The molecule has 0 rings (SSSR count). The molecule has 0 aliphatic heterocycles. The fourth-order valence-electron chi connectivity index (χ4n) is 3.46. The first-order valence-electron chi connectivity index (χ1n) is 11.3. The highest BCUT2D eigenvalue weighted by atomic mass is 16.3. The second-order valence-electron chi connectivity index (χ2n) is 8.81. The number of rotatable bonds is 19. The average molecular weight is 437 g/mol. The number of aliphatic hydroxyl groups is 5. The molecular weight excluding hydrogens is 388 g/mol. The molecule has 0 aliphatic rings. The van der Waals surface area contributed by atoms with Crippen LogP contribution in [-0.4, -0.2) is 143 Å². The van der Waals surface area contributed by atoms with Crippen LogP contribution in [0.4, 0.5) is 0 Å². The summed E-state index contributed by atoms with van der Waals surface area (Å²) in [4.78, 5) is 6.42. The van der Waals surface area contributed by atoms with Crippen molar-refractivity contribution in [1.82, 2.24) is 20.0 Å². The Balaban J connectivity index is 4.83. The highest BCUT2D eigenvalue weighted by Gasteiger charge is 2.16. The van der Waals surface area contributed by atoms with Gasteiger partial charge in [0.05, 0.1) is 30.5 Å². The predicted octanol–water partition coefficient (Wildman–Crippen LogP) is -1.61. The van der Waals surface area contributed by atoms with E-state index >= 15 is 0 Å². The van der Waals surface area contributed by atoms with Gasteiger partial charge in [0.1, 0.15) is 0 Å². The molecule has 0 amide bonds. The smallest absolute Gasteiger partial charge is 0.0639 e. The molecule has 0 aliphatic carbocycles. The molecule has 0 saturated carbocycles. The van der Waals surface area contributed by atoms with Crippen LogP contribution >= 0.6 is 0 Å². The second kappa shape index (κ2) is 17.2. The number of hydrogen-bond donors (Lipinski definition) is 6. The Labute approximate surface area is 183 Å². The molecule has 0 aromatic heterocycles. The van der Waals surface area contributed by atoms with Gasteiger partial charge in [0.15, 0.2) is 0 Å². The summed E-state index contributed by atoms with van der Waals surface area (Å²) in [6, 6.07) is 0. The van der Waals surface area contributed by atoms with Crippen molar-refractivity contribution in [3.63, 3.8) is 0 Å². The van der Waals surface area contributed by atoms with E-state index in [9.17, 15) is 25.5 Å². The lowest BCUT2D eigenvalue weighted by Crippen LogP contribution is -2.46. The molecule has 0 spiro atoms. The SMILES string of the molecule is CC(O)CNCCN(CCN(CC(C)O)CC(C)O)CCN(CC(C)O)CC(C)O. The van der Waals surface area contributed by atoms with Gasteiger partial charge in [0.25, 0.3) is 0 Å². The Kier molecular flexibility index (Phi) is 17.0. The van der Waals surface area contributed by atoms with Crippen molar-refractivity contribution in [3.05, 3.63) is 0 Å². The molecule has 0 bridgehead atoms. The molecule has 30 heavy (non-hydrogen) atoms. The molecule has 5 unspecified atom stereocenters. The maximum atomic E-state index is 9.75. The van der Waals surface area contributed by atoms with Crippen LogP contribution in [0.3, 0.4) is 0 Å². The van der Waals surface area contributed by atoms with Gasteiger partial charge in [-0.15, -0.1) is 0 Å². The monoisotopic (exact) mass is 436 g/mol. The van der Waals surface area contributed by atoms with E-state index in [4.69, 9.17) is 0 Å². The van der Waals surface area contributed by atoms with Gasteiger partial charge in [-0.3, -0.25) is 14.7 Å². The highest BCUT2D eigenvalue weighted by Crippen LogP contribution is 2.01. The van der Waals surface area contributed by atoms with Crippen molar-refractivity contribution in [3.8, 4) is 0 Å². The molecule has 0 heterocycles. The van der Waals surface area contributed by atoms with Crippen LogP contribution in [0, 0.1) is 0 Å². The van der Waals surface area contributed by atoms with Crippen molar-refractivity contribution < 1.29 is 25.5 Å². The Morgan fingerprint density at radius 2 is 0.833 bits per heavy atom. The van der Waals surface area contributed by atoms with E-state index < -0.39 is 30.5 Å². The van der Waals surface area contributed by atoms with Crippen LogP contribution in [-0.2, 0) is 0 Å². The van der Waals surface area contributed by atoms with Crippen LogP contribution in [0.5, 0.6) is 0 Å². The lowest BCUT2D eigenvalue weighted by molar-refractivity contribution is 0.0659. The molecule has 0 fully saturated rings. The maximum absolute atomic E-state index is 9.75. The summed E-state index contributed by atoms with van der Waals surface area (Å²) < 4.78 is 0. The Bertz CT molecular complexity index is 350. The van der Waals surface area contributed by atoms with E-state index in [0.717, 1.165) is 39.3 Å². The number of nitrogens with zero attached hydrogens (tertiary/aromatic N) is 3. The lowest BCUT2D eigenvalue weighted by Gasteiger charge is -2.32. The third-order valence-corrected chi connectivity index (χ3v) is 4.60. The lowest BCUT2D eigenvalue weighted by atomic mass is 10.2. The van der Waals surface area contributed by atoms with Crippen molar-refractivity contribution in [2.24, 2.45) is 0 Å². The minimum Gasteiger partial charge on any atom is -0.392 e. The van der Waals surface area contributed by atoms with Crippen LogP contribution < -0.4 is 5.32 Å². The maximum Gasteiger partial charge on any atom is 0.0639 e. The summed E-state index contributed by atoms with van der Waals surface area (Å²) in [6.45, 7) is 15.8. The number of aliphatic hydroxyl groups excluding tert-OH is 5. The first-order valence-corrected chi connectivity index (χ1v) is 11.3. The highest BCUT2D eigenvalue weighted by molar-refractivity contribution is 4.72. The summed E-state index contributed by atoms with van der Waals surface area (Å²) >= 11 is 0. The molecule has 0 aromatic rings. The zero-order valence-electron chi connectivity index (χ0n) is 19.7. The summed E-state index contributed by atoms with van der Waals surface area (Å²) in [6.07, 6.45) is -2.23. The minimum atomic E-state index is -0.461. The van der Waals surface area contributed by atoms with Gasteiger partial charge in [0, 0.05) is 72.0 Å². The summed E-state index contributed by atoms with van der Waals surface area (Å²) in [5.41, 5.74) is 0. The van der Waals surface area contributed by atoms with E-state index in [1.807, 2.05) is 0 Å². The van der Waals surface area contributed by atoms with E-state index in [-0.39, 0.29) is 0 Å². The van der Waals surface area contributed by atoms with Gasteiger partial charge in [-0.05, 0) is 34.6 Å². The second-order valence-corrected chi connectivity index (χ2v) is 8.81. The standard InChI is InChI=1S/C21H48N4O5/c1-17(26)12-22-6-7-23(8-10-24(13-18(2)27)14-19(3)28)9-11-25(15-20(4)29)16-21(5)30/h17-22,26-30H,6-16H2,1-5H3. The van der Waals surface area contributed by atoms with Crippen molar-refractivity contribution in [2.45, 2.75) is 65.1 Å². The fraction of sp³-hybridized carbons (Fsp3) is 1.00. The largest absolute Gasteiger partial charge is 0.392 e. The van der Waals surface area contributed by atoms with Gasteiger partial charge in [0.2, 0.25) is 0 Å². The first kappa shape index (κ1) is 29.6. The van der Waals surface area contributed by atoms with Gasteiger partial charge < -0.3 is 30.8 Å². The van der Waals surface area contributed by atoms with Crippen LogP contribution in [0.15, 0.2) is 0 Å². The zero-order chi connectivity index (χ0) is 23.1. The fourth-order valence-corrected chi connectivity index (χ4v) is 3.46. The molecule has 182 valence electrons. The van der Waals surface area contributed by atoms with Gasteiger partial charge >= 0.3 is 0 Å². The molecular formula is C21H48N4O5. The number of nitrogens with one attached hydrogen (secondary N) is 1. The van der Waals surface area contributed by atoms with Crippen LogP contribution in [0.1, 0.15) is 34.6 Å². The third-order valence-electron chi connectivity index (χ3n) is 4.60. The third kappa shape index (κ3) is 18.4. The van der Waals surface area contributed by atoms with Crippen molar-refractivity contribution >= 4 is 0 Å². The van der Waals surface area contributed by atoms with E-state index in [2.05, 4.69) is 20.0 Å². The topological polar surface area (TPSA) is 123 Å². The van der Waals surface area contributed by atoms with Crippen LogP contribution in [0.25, 0.3) is 0 Å². The van der Waals surface area contributed by atoms with E-state index in [1.165, 1.54) is 0 Å². The predicted molar refractivity (Wildman–Crippen MR) is 121 cm³/mol. The molecule has 0 aromatic carbocycles. The molecule has 6 N–H and O–H groups in total. The van der Waals surface area contributed by atoms with Gasteiger partial charge in [-0.2, -0.15) is 0 Å². The molecule has 5 atom stereocenters. The Hall–Kier alpha value is -0.360. The van der Waals surface area contributed by atoms with Crippen molar-refractivity contribution in [2.75, 3.05) is 72.0 Å². The molecule has 9 heteroatoms. The molecule has 0 radical (unpaired) electrons. The molecule has 0 saturated heterocycles. The average Bonchev–Trinajstić information content (AvgIpc) is 2.57.